The average molecular weight is 394 g/mol. The van der Waals surface area contributed by atoms with Crippen molar-refractivity contribution in [2.45, 2.75) is 12.6 Å². The summed E-state index contributed by atoms with van der Waals surface area (Å²) in [5.74, 6) is 1.89. The largest absolute Gasteiger partial charge is 0.454 e. The van der Waals surface area contributed by atoms with E-state index in [1.54, 1.807) is 24.3 Å². The van der Waals surface area contributed by atoms with E-state index in [2.05, 4.69) is 10.1 Å². The topological polar surface area (TPSA) is 80.9 Å². The van der Waals surface area contributed by atoms with Crippen molar-refractivity contribution in [3.05, 3.63) is 60.1 Å². The molecule has 1 aromatic carbocycles. The van der Waals surface area contributed by atoms with Gasteiger partial charge in [0.15, 0.2) is 17.3 Å². The van der Waals surface area contributed by atoms with Gasteiger partial charge >= 0.3 is 0 Å². The molecule has 1 aliphatic rings. The summed E-state index contributed by atoms with van der Waals surface area (Å²) in [7, 11) is 5.49. The molecule has 8 nitrogen and oxygen atoms in total. The summed E-state index contributed by atoms with van der Waals surface area (Å²) in [6.07, 6.45) is 3.40. The minimum absolute atomic E-state index is 0.0595. The third-order valence-electron chi connectivity index (χ3n) is 4.77. The van der Waals surface area contributed by atoms with Gasteiger partial charge in [0.1, 0.15) is 11.7 Å². The summed E-state index contributed by atoms with van der Waals surface area (Å²) in [5, 5.41) is 4.09. The van der Waals surface area contributed by atoms with Crippen LogP contribution < -0.4 is 9.47 Å². The Labute approximate surface area is 168 Å². The fourth-order valence-electron chi connectivity index (χ4n) is 3.31. The number of carbonyl (C=O) groups is 1. The Hall–Kier alpha value is -3.39. The van der Waals surface area contributed by atoms with Crippen LogP contribution in [0.2, 0.25) is 0 Å². The second-order valence-electron chi connectivity index (χ2n) is 7.09. The normalized spacial score (nSPS) is 13.5. The molecule has 0 saturated carbocycles. The van der Waals surface area contributed by atoms with Gasteiger partial charge in [-0.15, -0.1) is 0 Å². The average Bonchev–Trinajstić information content (AvgIpc) is 3.37. The number of ether oxygens (including phenoxy) is 2. The van der Waals surface area contributed by atoms with Crippen LogP contribution in [0, 0.1) is 0 Å². The van der Waals surface area contributed by atoms with E-state index < -0.39 is 6.04 Å². The van der Waals surface area contributed by atoms with Crippen LogP contribution >= 0.6 is 0 Å². The highest BCUT2D eigenvalue weighted by Crippen LogP contribution is 2.35. The second-order valence-corrected chi connectivity index (χ2v) is 7.09. The fraction of sp³-hybridized carbons (Fsp3) is 0.286. The van der Waals surface area contributed by atoms with Gasteiger partial charge in [0.25, 0.3) is 0 Å². The standard InChI is InChI=1S/C21H22N4O4/c1-24(2)20(15-4-5-18-19(10-15)28-13-27-18)21(26)25(3)12-16-11-17(23-29-16)14-6-8-22-9-7-14/h4-11,20H,12-13H2,1-3H3/t20-/m1/s1. The van der Waals surface area contributed by atoms with Crippen molar-refractivity contribution in [1.29, 1.82) is 0 Å². The van der Waals surface area contributed by atoms with Crippen molar-refractivity contribution in [1.82, 2.24) is 19.9 Å². The van der Waals surface area contributed by atoms with Crippen LogP contribution in [0.1, 0.15) is 17.4 Å². The summed E-state index contributed by atoms with van der Waals surface area (Å²) in [6.45, 7) is 0.510. The molecule has 0 bridgehead atoms. The molecule has 2 aromatic heterocycles. The van der Waals surface area contributed by atoms with Crippen molar-refractivity contribution in [2.24, 2.45) is 0 Å². The second kappa shape index (κ2) is 7.92. The molecule has 0 N–H and O–H groups in total. The van der Waals surface area contributed by atoms with Crippen LogP contribution in [-0.2, 0) is 11.3 Å². The number of hydrogen-bond acceptors (Lipinski definition) is 7. The summed E-state index contributed by atoms with van der Waals surface area (Å²) in [6, 6.07) is 10.7. The minimum Gasteiger partial charge on any atom is -0.454 e. The van der Waals surface area contributed by atoms with E-state index in [0.29, 0.717) is 29.5 Å². The monoisotopic (exact) mass is 394 g/mol. The number of carbonyl (C=O) groups excluding carboxylic acids is 1. The number of hydrogen-bond donors (Lipinski definition) is 0. The first-order valence-electron chi connectivity index (χ1n) is 9.20. The summed E-state index contributed by atoms with van der Waals surface area (Å²) in [4.78, 5) is 20.7. The predicted octanol–water partition coefficient (Wildman–Crippen LogP) is 2.73. The minimum atomic E-state index is -0.461. The van der Waals surface area contributed by atoms with E-state index in [0.717, 1.165) is 11.1 Å². The zero-order chi connectivity index (χ0) is 20.4. The number of likely N-dealkylation sites (N-methyl/N-ethyl adjacent to an activating group) is 2. The van der Waals surface area contributed by atoms with Crippen molar-refractivity contribution in [3.8, 4) is 22.8 Å². The van der Waals surface area contributed by atoms with E-state index in [9.17, 15) is 4.79 Å². The number of amides is 1. The molecule has 3 heterocycles. The predicted molar refractivity (Wildman–Crippen MR) is 105 cm³/mol. The Balaban J connectivity index is 1.50. The molecular formula is C21H22N4O4. The molecular weight excluding hydrogens is 372 g/mol. The van der Waals surface area contributed by atoms with Crippen molar-refractivity contribution in [3.63, 3.8) is 0 Å². The number of aromatic nitrogens is 2. The fourth-order valence-corrected chi connectivity index (χ4v) is 3.31. The first-order chi connectivity index (χ1) is 14.0. The number of nitrogens with zero attached hydrogens (tertiary/aromatic N) is 4. The van der Waals surface area contributed by atoms with E-state index in [4.69, 9.17) is 14.0 Å². The molecule has 0 fully saturated rings. The van der Waals surface area contributed by atoms with Gasteiger partial charge in [-0.25, -0.2) is 0 Å². The molecule has 8 heteroatoms. The summed E-state index contributed by atoms with van der Waals surface area (Å²) < 4.78 is 16.3. The van der Waals surface area contributed by atoms with E-state index >= 15 is 0 Å². The van der Waals surface area contributed by atoms with Crippen LogP contribution in [0.3, 0.4) is 0 Å². The molecule has 0 spiro atoms. The molecule has 29 heavy (non-hydrogen) atoms. The number of rotatable bonds is 6. The maximum Gasteiger partial charge on any atom is 0.244 e. The third kappa shape index (κ3) is 3.93. The van der Waals surface area contributed by atoms with Crippen molar-refractivity contribution >= 4 is 5.91 Å². The van der Waals surface area contributed by atoms with Crippen LogP contribution in [0.4, 0.5) is 0 Å². The van der Waals surface area contributed by atoms with Gasteiger partial charge in [-0.2, -0.15) is 0 Å². The maximum atomic E-state index is 13.2. The number of benzene rings is 1. The van der Waals surface area contributed by atoms with Gasteiger partial charge < -0.3 is 18.9 Å². The summed E-state index contributed by atoms with van der Waals surface area (Å²) >= 11 is 0. The Bertz CT molecular complexity index is 1000. The molecule has 150 valence electrons. The molecule has 4 rings (SSSR count). The lowest BCUT2D eigenvalue weighted by Crippen LogP contribution is -2.38. The Morgan fingerprint density at radius 3 is 2.59 bits per heavy atom. The number of pyridine rings is 1. The van der Waals surface area contributed by atoms with Crippen molar-refractivity contribution < 1.29 is 18.8 Å². The van der Waals surface area contributed by atoms with Gasteiger partial charge in [0.05, 0.1) is 6.54 Å². The highest BCUT2D eigenvalue weighted by molar-refractivity contribution is 5.83. The van der Waals surface area contributed by atoms with Crippen LogP contribution in [0.15, 0.2) is 53.3 Å². The summed E-state index contributed by atoms with van der Waals surface area (Å²) in [5.41, 5.74) is 2.46. The molecule has 3 aromatic rings. The zero-order valence-corrected chi connectivity index (χ0v) is 16.5. The van der Waals surface area contributed by atoms with Crippen LogP contribution in [0.25, 0.3) is 11.3 Å². The Morgan fingerprint density at radius 2 is 1.83 bits per heavy atom. The Kier molecular flexibility index (Phi) is 5.18. The van der Waals surface area contributed by atoms with E-state index in [1.165, 1.54) is 0 Å². The van der Waals surface area contributed by atoms with Gasteiger partial charge in [-0.3, -0.25) is 14.7 Å². The highest BCUT2D eigenvalue weighted by atomic mass is 16.7. The molecule has 0 saturated heterocycles. The molecule has 0 aliphatic carbocycles. The van der Waals surface area contributed by atoms with E-state index in [-0.39, 0.29) is 12.7 Å². The molecule has 1 amide bonds. The van der Waals surface area contributed by atoms with Crippen molar-refractivity contribution in [2.75, 3.05) is 27.9 Å². The highest BCUT2D eigenvalue weighted by Gasteiger charge is 2.28. The van der Waals surface area contributed by atoms with Gasteiger partial charge in [0, 0.05) is 31.1 Å². The smallest absolute Gasteiger partial charge is 0.244 e. The van der Waals surface area contributed by atoms with Crippen LogP contribution in [-0.4, -0.2) is 53.8 Å². The SMILES string of the molecule is CN(Cc1cc(-c2ccncc2)no1)C(=O)[C@@H](c1ccc2c(c1)OCO2)N(C)C. The lowest BCUT2D eigenvalue weighted by Gasteiger charge is -2.28. The maximum absolute atomic E-state index is 13.2. The first-order valence-corrected chi connectivity index (χ1v) is 9.20. The molecule has 1 aliphatic heterocycles. The number of fused-ring (bicyclic) bond motifs is 1. The van der Waals surface area contributed by atoms with Gasteiger partial charge in [-0.1, -0.05) is 11.2 Å². The van der Waals surface area contributed by atoms with Crippen LogP contribution in [0.5, 0.6) is 11.5 Å². The van der Waals surface area contributed by atoms with E-state index in [1.807, 2.05) is 55.4 Å². The third-order valence-corrected chi connectivity index (χ3v) is 4.77. The van der Waals surface area contributed by atoms with Gasteiger partial charge in [-0.05, 0) is 43.9 Å². The lowest BCUT2D eigenvalue weighted by molar-refractivity contribution is -0.135. The quantitative estimate of drug-likeness (QED) is 0.636. The van der Waals surface area contributed by atoms with Gasteiger partial charge in [0.2, 0.25) is 12.7 Å². The Morgan fingerprint density at radius 1 is 1.07 bits per heavy atom. The molecule has 0 radical (unpaired) electrons. The molecule has 0 unspecified atom stereocenters. The zero-order valence-electron chi connectivity index (χ0n) is 16.5. The molecule has 1 atom stereocenters. The lowest BCUT2D eigenvalue weighted by atomic mass is 10.0. The first kappa shape index (κ1) is 18.9.